The fraction of sp³-hybridized carbons (Fsp3) is 0.400. The monoisotopic (exact) mass is 293 g/mol. The summed E-state index contributed by atoms with van der Waals surface area (Å²) in [5.41, 5.74) is 2.83. The number of aryl methyl sites for hydroxylation is 1. The van der Waals surface area contributed by atoms with E-state index >= 15 is 0 Å². The van der Waals surface area contributed by atoms with Crippen molar-refractivity contribution < 1.29 is 5.11 Å². The first-order valence-corrected chi connectivity index (χ1v) is 7.80. The minimum atomic E-state index is -0.506. The van der Waals surface area contributed by atoms with Gasteiger partial charge in [-0.05, 0) is 42.7 Å². The zero-order valence-corrected chi connectivity index (χ0v) is 12.1. The van der Waals surface area contributed by atoms with Crippen LogP contribution >= 0.6 is 22.9 Å². The fourth-order valence-corrected chi connectivity index (χ4v) is 3.82. The molecule has 1 heterocycles. The molecule has 0 aliphatic heterocycles. The van der Waals surface area contributed by atoms with Gasteiger partial charge in [-0.15, -0.1) is 11.3 Å². The Morgan fingerprint density at radius 3 is 3.05 bits per heavy atom. The lowest BCUT2D eigenvalue weighted by Crippen LogP contribution is -2.13. The van der Waals surface area contributed by atoms with Gasteiger partial charge in [-0.3, -0.25) is 0 Å². The lowest BCUT2D eigenvalue weighted by Gasteiger charge is -2.26. The van der Waals surface area contributed by atoms with Crippen molar-refractivity contribution in [1.82, 2.24) is 4.98 Å². The molecule has 1 aliphatic carbocycles. The van der Waals surface area contributed by atoms with E-state index in [-0.39, 0.29) is 0 Å². The molecular formula is C15H16ClNOS. The van der Waals surface area contributed by atoms with Crippen LogP contribution in [-0.2, 0) is 6.42 Å². The molecular weight excluding hydrogens is 278 g/mol. The number of rotatable bonds is 3. The highest BCUT2D eigenvalue weighted by molar-refractivity contribution is 7.15. The van der Waals surface area contributed by atoms with Crippen molar-refractivity contribution in [2.45, 2.75) is 37.7 Å². The molecule has 0 radical (unpaired) electrons. The van der Waals surface area contributed by atoms with Crippen molar-refractivity contribution in [3.05, 3.63) is 50.9 Å². The number of aliphatic hydroxyl groups is 1. The van der Waals surface area contributed by atoms with E-state index in [1.165, 1.54) is 28.9 Å². The number of aliphatic hydroxyl groups excluding tert-OH is 1. The van der Waals surface area contributed by atoms with Crippen LogP contribution in [0.2, 0.25) is 4.34 Å². The Bertz CT molecular complexity index is 569. The molecule has 4 heteroatoms. The Morgan fingerprint density at radius 2 is 2.26 bits per heavy atom. The molecule has 1 aromatic heterocycles. The second-order valence-electron chi connectivity index (χ2n) is 5.04. The molecule has 0 fully saturated rings. The van der Waals surface area contributed by atoms with E-state index < -0.39 is 6.10 Å². The molecule has 19 heavy (non-hydrogen) atoms. The summed E-state index contributed by atoms with van der Waals surface area (Å²) in [5.74, 6) is 0.433. The van der Waals surface area contributed by atoms with E-state index in [9.17, 15) is 5.11 Å². The molecule has 2 nitrogen and oxygen atoms in total. The van der Waals surface area contributed by atoms with Gasteiger partial charge in [-0.1, -0.05) is 35.9 Å². The summed E-state index contributed by atoms with van der Waals surface area (Å²) >= 11 is 7.24. The molecule has 1 N–H and O–H groups in total. The van der Waals surface area contributed by atoms with Crippen LogP contribution in [0.15, 0.2) is 30.5 Å². The lowest BCUT2D eigenvalue weighted by atomic mass is 9.80. The number of hydrogen-bond acceptors (Lipinski definition) is 3. The maximum absolute atomic E-state index is 10.3. The minimum absolute atomic E-state index is 0.433. The van der Waals surface area contributed by atoms with E-state index in [1.807, 2.05) is 0 Å². The van der Waals surface area contributed by atoms with E-state index in [1.54, 1.807) is 6.20 Å². The van der Waals surface area contributed by atoms with Crippen LogP contribution in [0, 0.1) is 0 Å². The summed E-state index contributed by atoms with van der Waals surface area (Å²) in [4.78, 5) is 4.17. The van der Waals surface area contributed by atoms with Crippen molar-refractivity contribution >= 4 is 22.9 Å². The maximum Gasteiger partial charge on any atom is 0.123 e. The zero-order valence-electron chi connectivity index (χ0n) is 10.6. The molecule has 0 saturated heterocycles. The largest absolute Gasteiger partial charge is 0.386 e. The Kier molecular flexibility index (Phi) is 3.87. The summed E-state index contributed by atoms with van der Waals surface area (Å²) in [5, 5.41) is 11.0. The van der Waals surface area contributed by atoms with Gasteiger partial charge in [-0.2, -0.15) is 0 Å². The predicted molar refractivity (Wildman–Crippen MR) is 78.8 cm³/mol. The van der Waals surface area contributed by atoms with Gasteiger partial charge in [0.1, 0.15) is 15.4 Å². The fourth-order valence-electron chi connectivity index (χ4n) is 2.89. The molecule has 2 unspecified atom stereocenters. The van der Waals surface area contributed by atoms with Gasteiger partial charge in [0, 0.05) is 0 Å². The van der Waals surface area contributed by atoms with Gasteiger partial charge in [0.25, 0.3) is 0 Å². The number of nitrogens with zero attached hydrogens (tertiary/aromatic N) is 1. The summed E-state index contributed by atoms with van der Waals surface area (Å²) in [6.45, 7) is 0. The Hall–Kier alpha value is -0.900. The van der Waals surface area contributed by atoms with Crippen molar-refractivity contribution in [2.75, 3.05) is 0 Å². The van der Waals surface area contributed by atoms with Crippen LogP contribution in [0.4, 0.5) is 0 Å². The normalized spacial score (nSPS) is 20.0. The molecule has 100 valence electrons. The molecule has 0 bridgehead atoms. The molecule has 1 aliphatic rings. The van der Waals surface area contributed by atoms with Crippen molar-refractivity contribution in [2.24, 2.45) is 0 Å². The summed E-state index contributed by atoms with van der Waals surface area (Å²) in [6, 6.07) is 8.58. The van der Waals surface area contributed by atoms with Crippen LogP contribution < -0.4 is 0 Å². The van der Waals surface area contributed by atoms with Gasteiger partial charge in [-0.25, -0.2) is 4.98 Å². The van der Waals surface area contributed by atoms with Gasteiger partial charge in [0.2, 0.25) is 0 Å². The number of halogens is 1. The van der Waals surface area contributed by atoms with Gasteiger partial charge in [0.05, 0.1) is 6.20 Å². The van der Waals surface area contributed by atoms with E-state index in [0.29, 0.717) is 10.3 Å². The molecule has 0 saturated carbocycles. The number of fused-ring (bicyclic) bond motifs is 1. The highest BCUT2D eigenvalue weighted by atomic mass is 35.5. The molecule has 1 aromatic carbocycles. The van der Waals surface area contributed by atoms with Gasteiger partial charge in [0.15, 0.2) is 0 Å². The molecule has 0 spiro atoms. The minimum Gasteiger partial charge on any atom is -0.386 e. The first-order chi connectivity index (χ1) is 9.24. The van der Waals surface area contributed by atoms with E-state index in [2.05, 4.69) is 29.2 Å². The standard InChI is InChI=1S/C15H16ClNOS/c16-14-9-17-15(19-14)13(18)8-11-6-3-5-10-4-1-2-7-12(10)11/h1-2,4,7,9,11,13,18H,3,5-6,8H2. The summed E-state index contributed by atoms with van der Waals surface area (Å²) in [6.07, 6.45) is 5.35. The predicted octanol–water partition coefficient (Wildman–Crippen LogP) is 4.34. The third-order valence-corrected chi connectivity index (χ3v) is 5.00. The van der Waals surface area contributed by atoms with Crippen LogP contribution in [0.3, 0.4) is 0 Å². The zero-order chi connectivity index (χ0) is 13.2. The average Bonchev–Trinajstić information content (AvgIpc) is 2.86. The quantitative estimate of drug-likeness (QED) is 0.913. The second kappa shape index (κ2) is 5.61. The van der Waals surface area contributed by atoms with Crippen molar-refractivity contribution in [3.8, 4) is 0 Å². The number of thiazole rings is 1. The summed E-state index contributed by atoms with van der Waals surface area (Å²) in [7, 11) is 0. The molecule has 0 amide bonds. The average molecular weight is 294 g/mol. The number of aromatic nitrogens is 1. The van der Waals surface area contributed by atoms with Crippen LogP contribution in [-0.4, -0.2) is 10.1 Å². The van der Waals surface area contributed by atoms with Crippen molar-refractivity contribution in [1.29, 1.82) is 0 Å². The smallest absolute Gasteiger partial charge is 0.123 e. The van der Waals surface area contributed by atoms with Gasteiger partial charge >= 0.3 is 0 Å². The first-order valence-electron chi connectivity index (χ1n) is 6.61. The molecule has 3 rings (SSSR count). The van der Waals surface area contributed by atoms with E-state index in [0.717, 1.165) is 24.3 Å². The van der Waals surface area contributed by atoms with Crippen LogP contribution in [0.25, 0.3) is 0 Å². The Balaban J connectivity index is 1.77. The lowest BCUT2D eigenvalue weighted by molar-refractivity contribution is 0.153. The third kappa shape index (κ3) is 2.83. The summed E-state index contributed by atoms with van der Waals surface area (Å²) < 4.78 is 0.637. The highest BCUT2D eigenvalue weighted by Gasteiger charge is 2.24. The Morgan fingerprint density at radius 1 is 1.42 bits per heavy atom. The maximum atomic E-state index is 10.3. The molecule has 2 atom stereocenters. The van der Waals surface area contributed by atoms with Crippen LogP contribution in [0.5, 0.6) is 0 Å². The second-order valence-corrected chi connectivity index (χ2v) is 6.74. The number of hydrogen-bond donors (Lipinski definition) is 1. The van der Waals surface area contributed by atoms with Crippen molar-refractivity contribution in [3.63, 3.8) is 0 Å². The van der Waals surface area contributed by atoms with Crippen LogP contribution in [0.1, 0.15) is 47.4 Å². The SMILES string of the molecule is OC(CC1CCCc2ccccc21)c1ncc(Cl)s1. The van der Waals surface area contributed by atoms with Gasteiger partial charge < -0.3 is 5.11 Å². The topological polar surface area (TPSA) is 33.1 Å². The first kappa shape index (κ1) is 13.1. The molecule has 2 aromatic rings. The van der Waals surface area contributed by atoms with E-state index in [4.69, 9.17) is 11.6 Å². The highest BCUT2D eigenvalue weighted by Crippen LogP contribution is 2.38. The third-order valence-electron chi connectivity index (χ3n) is 3.78. The number of benzene rings is 1. The Labute approximate surface area is 122 Å².